The van der Waals surface area contributed by atoms with E-state index in [-0.39, 0.29) is 28.9 Å². The monoisotopic (exact) mass is 279 g/mol. The van der Waals surface area contributed by atoms with E-state index < -0.39 is 5.83 Å². The van der Waals surface area contributed by atoms with E-state index in [1.54, 1.807) is 6.92 Å². The molecular weight excluding hydrogens is 269 g/mol. The van der Waals surface area contributed by atoms with Crippen molar-refractivity contribution in [3.8, 4) is 6.07 Å². The Morgan fingerprint density at radius 1 is 1.74 bits per heavy atom. The predicted molar refractivity (Wildman–Crippen MR) is 70.4 cm³/mol. The zero-order chi connectivity index (χ0) is 14.2. The molecule has 1 unspecified atom stereocenters. The van der Waals surface area contributed by atoms with Gasteiger partial charge >= 0.3 is 0 Å². The Balaban J connectivity index is 2.73. The zero-order valence-corrected chi connectivity index (χ0v) is 10.9. The van der Waals surface area contributed by atoms with E-state index in [2.05, 4.69) is 16.7 Å². The minimum atomic E-state index is -0.468. The molecule has 0 bridgehead atoms. The lowest BCUT2D eigenvalue weighted by Crippen LogP contribution is -2.07. The van der Waals surface area contributed by atoms with Gasteiger partial charge in [-0.05, 0) is 0 Å². The van der Waals surface area contributed by atoms with Crippen molar-refractivity contribution in [2.24, 2.45) is 0 Å². The summed E-state index contributed by atoms with van der Waals surface area (Å²) in [5.74, 6) is -0.720. The first-order valence-electron chi connectivity index (χ1n) is 5.51. The van der Waals surface area contributed by atoms with Crippen molar-refractivity contribution >= 4 is 23.1 Å². The SMILES string of the molecule is C=C(F)CC(C)c1c(C#N)c(Cl)c2cnc(N)nn12. The van der Waals surface area contributed by atoms with Crippen LogP contribution in [0.3, 0.4) is 0 Å². The van der Waals surface area contributed by atoms with Crippen LogP contribution in [0.15, 0.2) is 18.6 Å². The number of nitrogens with two attached hydrogens (primary N) is 1. The summed E-state index contributed by atoms with van der Waals surface area (Å²) in [5, 5.41) is 13.5. The van der Waals surface area contributed by atoms with Crippen LogP contribution in [0, 0.1) is 11.3 Å². The molecule has 2 rings (SSSR count). The molecule has 0 aliphatic rings. The topological polar surface area (TPSA) is 80.0 Å². The van der Waals surface area contributed by atoms with Crippen LogP contribution in [0.1, 0.15) is 30.5 Å². The molecule has 7 heteroatoms. The molecule has 1 atom stereocenters. The molecule has 0 aliphatic carbocycles. The number of hydrogen-bond donors (Lipinski definition) is 1. The number of nitrogens with zero attached hydrogens (tertiary/aromatic N) is 4. The van der Waals surface area contributed by atoms with Crippen molar-refractivity contribution in [1.29, 1.82) is 5.26 Å². The van der Waals surface area contributed by atoms with E-state index in [0.717, 1.165) is 0 Å². The van der Waals surface area contributed by atoms with Gasteiger partial charge in [-0.2, -0.15) is 5.26 Å². The fraction of sp³-hybridized carbons (Fsp3) is 0.250. The Labute approximate surface area is 114 Å². The highest BCUT2D eigenvalue weighted by atomic mass is 35.5. The maximum absolute atomic E-state index is 13.0. The standard InChI is InChI=1S/C12H11ClFN5/c1-6(3-7(2)14)11-8(4-15)10(13)9-5-17-12(16)18-19(9)11/h5-6H,2-3H2,1H3,(H2,16,18). The molecule has 0 saturated carbocycles. The lowest BCUT2D eigenvalue weighted by molar-refractivity contribution is 0.548. The Hall–Kier alpha value is -2.13. The molecule has 19 heavy (non-hydrogen) atoms. The largest absolute Gasteiger partial charge is 0.367 e. The van der Waals surface area contributed by atoms with E-state index >= 15 is 0 Å². The molecule has 5 nitrogen and oxygen atoms in total. The highest BCUT2D eigenvalue weighted by Crippen LogP contribution is 2.34. The summed E-state index contributed by atoms with van der Waals surface area (Å²) in [7, 11) is 0. The van der Waals surface area contributed by atoms with Crippen LogP contribution in [-0.2, 0) is 0 Å². The molecule has 0 saturated heterocycles. The van der Waals surface area contributed by atoms with Gasteiger partial charge < -0.3 is 5.73 Å². The quantitative estimate of drug-likeness (QED) is 0.937. The predicted octanol–water partition coefficient (Wildman–Crippen LogP) is 2.81. The highest BCUT2D eigenvalue weighted by Gasteiger charge is 2.23. The van der Waals surface area contributed by atoms with Crippen molar-refractivity contribution in [2.75, 3.05) is 5.73 Å². The van der Waals surface area contributed by atoms with Gasteiger partial charge in [-0.15, -0.1) is 5.10 Å². The maximum atomic E-state index is 13.0. The van der Waals surface area contributed by atoms with E-state index in [1.165, 1.54) is 10.7 Å². The van der Waals surface area contributed by atoms with Gasteiger partial charge in [-0.25, -0.2) is 13.9 Å². The third-order valence-corrected chi connectivity index (χ3v) is 3.17. The van der Waals surface area contributed by atoms with Crippen LogP contribution in [-0.4, -0.2) is 14.6 Å². The number of fused-ring (bicyclic) bond motifs is 1. The van der Waals surface area contributed by atoms with Crippen LogP contribution in [0.4, 0.5) is 10.3 Å². The molecule has 2 N–H and O–H groups in total. The lowest BCUT2D eigenvalue weighted by atomic mass is 10.0. The third kappa shape index (κ3) is 2.25. The first-order chi connectivity index (χ1) is 8.95. The maximum Gasteiger partial charge on any atom is 0.238 e. The van der Waals surface area contributed by atoms with Crippen LogP contribution in [0.5, 0.6) is 0 Å². The number of anilines is 1. The summed E-state index contributed by atoms with van der Waals surface area (Å²) >= 11 is 6.12. The van der Waals surface area contributed by atoms with Gasteiger partial charge in [0.1, 0.15) is 11.6 Å². The Morgan fingerprint density at radius 2 is 2.42 bits per heavy atom. The van der Waals surface area contributed by atoms with Crippen molar-refractivity contribution in [2.45, 2.75) is 19.3 Å². The van der Waals surface area contributed by atoms with Gasteiger partial charge in [-0.3, -0.25) is 0 Å². The first-order valence-corrected chi connectivity index (χ1v) is 5.89. The molecule has 2 aromatic heterocycles. The van der Waals surface area contributed by atoms with Crippen molar-refractivity contribution < 1.29 is 4.39 Å². The molecule has 0 fully saturated rings. The summed E-state index contributed by atoms with van der Waals surface area (Å²) in [6, 6.07) is 2.01. The number of hydrogen-bond acceptors (Lipinski definition) is 4. The van der Waals surface area contributed by atoms with Crippen LogP contribution < -0.4 is 5.73 Å². The van der Waals surface area contributed by atoms with Crippen molar-refractivity contribution in [3.63, 3.8) is 0 Å². The second kappa shape index (κ2) is 4.86. The van der Waals surface area contributed by atoms with E-state index in [9.17, 15) is 9.65 Å². The summed E-state index contributed by atoms with van der Waals surface area (Å²) in [4.78, 5) is 3.84. The van der Waals surface area contributed by atoms with E-state index in [0.29, 0.717) is 11.2 Å². The fourth-order valence-corrected chi connectivity index (χ4v) is 2.30. The summed E-state index contributed by atoms with van der Waals surface area (Å²) < 4.78 is 14.4. The minimum absolute atomic E-state index is 0.0520. The third-order valence-electron chi connectivity index (χ3n) is 2.78. The van der Waals surface area contributed by atoms with Crippen molar-refractivity contribution in [1.82, 2.24) is 14.6 Å². The molecule has 0 amide bonds. The second-order valence-electron chi connectivity index (χ2n) is 4.22. The van der Waals surface area contributed by atoms with Gasteiger partial charge in [0, 0.05) is 12.3 Å². The van der Waals surface area contributed by atoms with Gasteiger partial charge in [0.15, 0.2) is 0 Å². The van der Waals surface area contributed by atoms with Crippen molar-refractivity contribution in [3.05, 3.63) is 34.9 Å². The van der Waals surface area contributed by atoms with Gasteiger partial charge in [0.05, 0.1) is 28.3 Å². The Kier molecular flexibility index (Phi) is 3.40. The smallest absolute Gasteiger partial charge is 0.238 e. The number of allylic oxidation sites excluding steroid dienone is 1. The van der Waals surface area contributed by atoms with Gasteiger partial charge in [0.25, 0.3) is 0 Å². The normalized spacial score (nSPS) is 12.3. The minimum Gasteiger partial charge on any atom is -0.367 e. The number of rotatable bonds is 3. The number of nitrogen functional groups attached to an aromatic ring is 1. The Bertz CT molecular complexity index is 700. The van der Waals surface area contributed by atoms with Crippen LogP contribution in [0.25, 0.3) is 5.52 Å². The molecule has 0 spiro atoms. The summed E-state index contributed by atoms with van der Waals surface area (Å²) in [5.41, 5.74) is 6.77. The lowest BCUT2D eigenvalue weighted by Gasteiger charge is -2.10. The average molecular weight is 280 g/mol. The number of halogens is 2. The van der Waals surface area contributed by atoms with E-state index in [1.807, 2.05) is 6.07 Å². The summed E-state index contributed by atoms with van der Waals surface area (Å²) in [6.07, 6.45) is 1.52. The number of nitriles is 1. The summed E-state index contributed by atoms with van der Waals surface area (Å²) in [6.45, 7) is 5.00. The average Bonchev–Trinajstić information content (AvgIpc) is 2.60. The van der Waals surface area contributed by atoms with Crippen LogP contribution >= 0.6 is 11.6 Å². The van der Waals surface area contributed by atoms with Gasteiger partial charge in [-0.1, -0.05) is 25.1 Å². The molecule has 0 aliphatic heterocycles. The molecular formula is C12H11ClFN5. The Morgan fingerprint density at radius 3 is 3.00 bits per heavy atom. The number of aromatic nitrogens is 3. The fourth-order valence-electron chi connectivity index (χ4n) is 2.03. The highest BCUT2D eigenvalue weighted by molar-refractivity contribution is 6.35. The van der Waals surface area contributed by atoms with Gasteiger partial charge in [0.2, 0.25) is 5.95 Å². The molecule has 0 radical (unpaired) electrons. The second-order valence-corrected chi connectivity index (χ2v) is 4.60. The zero-order valence-electron chi connectivity index (χ0n) is 10.2. The molecule has 2 aromatic rings. The van der Waals surface area contributed by atoms with E-state index in [4.69, 9.17) is 17.3 Å². The molecule has 98 valence electrons. The first kappa shape index (κ1) is 13.3. The van der Waals surface area contributed by atoms with Crippen LogP contribution in [0.2, 0.25) is 5.02 Å². The molecule has 2 heterocycles. The molecule has 0 aromatic carbocycles.